The second-order valence-corrected chi connectivity index (χ2v) is 5.56. The van der Waals surface area contributed by atoms with Crippen LogP contribution in [0.3, 0.4) is 0 Å². The first-order valence-electron chi connectivity index (χ1n) is 6.59. The molecule has 3 aromatic rings. The van der Waals surface area contributed by atoms with Crippen LogP contribution in [0.15, 0.2) is 66.0 Å². The molecule has 20 heavy (non-hydrogen) atoms. The molecular weight excluding hydrogens is 264 g/mol. The minimum atomic E-state index is 0.878. The van der Waals surface area contributed by atoms with E-state index >= 15 is 0 Å². The fourth-order valence-electron chi connectivity index (χ4n) is 2.11. The molecule has 0 aliphatic carbocycles. The lowest BCUT2D eigenvalue weighted by molar-refractivity contribution is 0.915. The number of nitrogens with zero attached hydrogens (tertiary/aromatic N) is 2. The molecule has 0 spiro atoms. The minimum Gasteiger partial charge on any atom is -0.347 e. The Morgan fingerprint density at radius 2 is 1.60 bits per heavy atom. The number of aromatic nitrogens is 1. The van der Waals surface area contributed by atoms with E-state index in [1.54, 1.807) is 11.3 Å². The Balaban J connectivity index is 1.77. The van der Waals surface area contributed by atoms with E-state index in [2.05, 4.69) is 53.7 Å². The smallest absolute Gasteiger partial charge is 0.185 e. The number of thiazole rings is 1. The van der Waals surface area contributed by atoms with E-state index in [1.807, 2.05) is 24.3 Å². The van der Waals surface area contributed by atoms with Crippen molar-refractivity contribution in [2.45, 2.75) is 6.54 Å². The lowest BCUT2D eigenvalue weighted by atomic mass is 10.2. The largest absolute Gasteiger partial charge is 0.347 e. The summed E-state index contributed by atoms with van der Waals surface area (Å²) in [5.74, 6) is 0. The van der Waals surface area contributed by atoms with Crippen molar-refractivity contribution in [3.8, 4) is 11.3 Å². The Bertz CT molecular complexity index is 662. The Hall–Kier alpha value is -2.13. The summed E-state index contributed by atoms with van der Waals surface area (Å²) in [6.45, 7) is 0.878. The van der Waals surface area contributed by atoms with E-state index in [-0.39, 0.29) is 0 Å². The monoisotopic (exact) mass is 280 g/mol. The Morgan fingerprint density at radius 3 is 2.30 bits per heavy atom. The zero-order chi connectivity index (χ0) is 13.8. The van der Waals surface area contributed by atoms with Gasteiger partial charge in [-0.3, -0.25) is 0 Å². The molecule has 1 aromatic heterocycles. The third kappa shape index (κ3) is 2.89. The first-order valence-corrected chi connectivity index (χ1v) is 7.47. The highest BCUT2D eigenvalue weighted by Crippen LogP contribution is 2.27. The third-order valence-corrected chi connectivity index (χ3v) is 4.11. The van der Waals surface area contributed by atoms with Gasteiger partial charge < -0.3 is 4.90 Å². The maximum absolute atomic E-state index is 4.72. The van der Waals surface area contributed by atoms with Crippen molar-refractivity contribution in [3.05, 3.63) is 71.6 Å². The molecule has 0 saturated carbocycles. The summed E-state index contributed by atoms with van der Waals surface area (Å²) in [6, 6.07) is 20.8. The van der Waals surface area contributed by atoms with Crippen molar-refractivity contribution in [2.24, 2.45) is 0 Å². The molecule has 0 saturated heterocycles. The van der Waals surface area contributed by atoms with Gasteiger partial charge in [0.15, 0.2) is 5.13 Å². The van der Waals surface area contributed by atoms with Gasteiger partial charge in [0.1, 0.15) is 0 Å². The molecule has 0 aliphatic heterocycles. The fourth-order valence-corrected chi connectivity index (χ4v) is 2.91. The summed E-state index contributed by atoms with van der Waals surface area (Å²) in [7, 11) is 2.08. The van der Waals surface area contributed by atoms with Gasteiger partial charge in [-0.1, -0.05) is 60.7 Å². The van der Waals surface area contributed by atoms with Gasteiger partial charge in [0.05, 0.1) is 5.69 Å². The van der Waals surface area contributed by atoms with Crippen LogP contribution in [-0.4, -0.2) is 12.0 Å². The van der Waals surface area contributed by atoms with Gasteiger partial charge in [0.2, 0.25) is 0 Å². The van der Waals surface area contributed by atoms with Crippen LogP contribution in [0.4, 0.5) is 5.13 Å². The van der Waals surface area contributed by atoms with Crippen LogP contribution in [-0.2, 0) is 6.54 Å². The standard InChI is InChI=1S/C17H16N2S/c1-19(12-14-8-4-2-5-9-14)17-18-16(13-20-17)15-10-6-3-7-11-15/h2-11,13H,12H2,1H3. The molecule has 0 amide bonds. The fraction of sp³-hybridized carbons (Fsp3) is 0.118. The van der Waals surface area contributed by atoms with Crippen LogP contribution in [0.1, 0.15) is 5.56 Å². The average Bonchev–Trinajstić information content (AvgIpc) is 2.99. The van der Waals surface area contributed by atoms with Crippen LogP contribution in [0, 0.1) is 0 Å². The van der Waals surface area contributed by atoms with Crippen LogP contribution < -0.4 is 4.90 Å². The van der Waals surface area contributed by atoms with E-state index in [1.165, 1.54) is 11.1 Å². The van der Waals surface area contributed by atoms with Gasteiger partial charge in [-0.2, -0.15) is 0 Å². The number of rotatable bonds is 4. The maximum atomic E-state index is 4.72. The summed E-state index contributed by atoms with van der Waals surface area (Å²) in [5.41, 5.74) is 3.51. The van der Waals surface area contributed by atoms with Crippen LogP contribution >= 0.6 is 11.3 Å². The van der Waals surface area contributed by atoms with E-state index in [0.29, 0.717) is 0 Å². The second-order valence-electron chi connectivity index (χ2n) is 4.72. The molecule has 0 aliphatic rings. The molecule has 0 bridgehead atoms. The lowest BCUT2D eigenvalue weighted by Crippen LogP contribution is -2.15. The van der Waals surface area contributed by atoms with Crippen molar-refractivity contribution in [2.75, 3.05) is 11.9 Å². The van der Waals surface area contributed by atoms with Gasteiger partial charge >= 0.3 is 0 Å². The van der Waals surface area contributed by atoms with Crippen molar-refractivity contribution < 1.29 is 0 Å². The molecule has 0 unspecified atom stereocenters. The summed E-state index contributed by atoms with van der Waals surface area (Å²) in [6.07, 6.45) is 0. The predicted octanol–water partition coefficient (Wildman–Crippen LogP) is 4.45. The van der Waals surface area contributed by atoms with Crippen LogP contribution in [0.25, 0.3) is 11.3 Å². The van der Waals surface area contributed by atoms with Crippen molar-refractivity contribution in [1.29, 1.82) is 0 Å². The SMILES string of the molecule is CN(Cc1ccccc1)c1nc(-c2ccccc2)cs1. The first-order chi connectivity index (χ1) is 9.83. The Morgan fingerprint density at radius 1 is 0.950 bits per heavy atom. The van der Waals surface area contributed by atoms with Gasteiger partial charge in [0, 0.05) is 24.5 Å². The molecule has 0 atom stereocenters. The third-order valence-electron chi connectivity index (χ3n) is 3.15. The molecule has 0 radical (unpaired) electrons. The van der Waals surface area contributed by atoms with Crippen molar-refractivity contribution in [3.63, 3.8) is 0 Å². The molecule has 1 heterocycles. The minimum absolute atomic E-state index is 0.878. The summed E-state index contributed by atoms with van der Waals surface area (Å²) < 4.78 is 0. The highest BCUT2D eigenvalue weighted by molar-refractivity contribution is 7.14. The van der Waals surface area contributed by atoms with Gasteiger partial charge in [-0.05, 0) is 5.56 Å². The summed E-state index contributed by atoms with van der Waals surface area (Å²) in [4.78, 5) is 6.91. The zero-order valence-electron chi connectivity index (χ0n) is 11.4. The average molecular weight is 280 g/mol. The second kappa shape index (κ2) is 5.88. The number of hydrogen-bond donors (Lipinski definition) is 0. The first kappa shape index (κ1) is 12.9. The number of hydrogen-bond acceptors (Lipinski definition) is 3. The predicted molar refractivity (Wildman–Crippen MR) is 86.1 cm³/mol. The van der Waals surface area contributed by atoms with Crippen LogP contribution in [0.5, 0.6) is 0 Å². The Labute approximate surface area is 123 Å². The van der Waals surface area contributed by atoms with E-state index in [0.717, 1.165) is 17.4 Å². The molecule has 3 rings (SSSR count). The molecule has 2 nitrogen and oxygen atoms in total. The van der Waals surface area contributed by atoms with Gasteiger partial charge in [0.25, 0.3) is 0 Å². The topological polar surface area (TPSA) is 16.1 Å². The normalized spacial score (nSPS) is 10.4. The molecule has 3 heteroatoms. The molecule has 2 aromatic carbocycles. The van der Waals surface area contributed by atoms with Gasteiger partial charge in [-0.15, -0.1) is 11.3 Å². The molecule has 0 N–H and O–H groups in total. The van der Waals surface area contributed by atoms with Crippen molar-refractivity contribution in [1.82, 2.24) is 4.98 Å². The van der Waals surface area contributed by atoms with Crippen LogP contribution in [0.2, 0.25) is 0 Å². The van der Waals surface area contributed by atoms with Gasteiger partial charge in [-0.25, -0.2) is 4.98 Å². The van der Waals surface area contributed by atoms with Crippen molar-refractivity contribution >= 4 is 16.5 Å². The van der Waals surface area contributed by atoms with E-state index < -0.39 is 0 Å². The Kier molecular flexibility index (Phi) is 3.79. The maximum Gasteiger partial charge on any atom is 0.185 e. The van der Waals surface area contributed by atoms with E-state index in [4.69, 9.17) is 4.98 Å². The highest BCUT2D eigenvalue weighted by Gasteiger charge is 2.08. The zero-order valence-corrected chi connectivity index (χ0v) is 12.2. The highest BCUT2D eigenvalue weighted by atomic mass is 32.1. The van der Waals surface area contributed by atoms with E-state index in [9.17, 15) is 0 Å². The number of benzene rings is 2. The summed E-state index contributed by atoms with van der Waals surface area (Å²) in [5, 5.41) is 3.17. The lowest BCUT2D eigenvalue weighted by Gasteiger charge is -2.15. The quantitative estimate of drug-likeness (QED) is 0.702. The molecule has 0 fully saturated rings. The number of anilines is 1. The molecule has 100 valence electrons. The summed E-state index contributed by atoms with van der Waals surface area (Å²) >= 11 is 1.69. The molecular formula is C17H16N2S.